The Labute approximate surface area is 178 Å². The number of nitrogens with zero attached hydrogens (tertiary/aromatic N) is 1. The maximum absolute atomic E-state index is 12.4. The number of nitrogens with one attached hydrogen (secondary N) is 3. The van der Waals surface area contributed by atoms with Gasteiger partial charge in [0.15, 0.2) is 0 Å². The van der Waals surface area contributed by atoms with E-state index < -0.39 is 5.91 Å². The number of hydrogen-bond donors (Lipinski definition) is 3. The van der Waals surface area contributed by atoms with Crippen molar-refractivity contribution in [3.05, 3.63) is 64.3 Å². The molecule has 2 aliphatic rings. The van der Waals surface area contributed by atoms with E-state index in [1.807, 2.05) is 12.1 Å². The number of rotatable bonds is 3. The number of fused-ring (bicyclic) bond motifs is 1. The molecule has 7 heteroatoms. The highest BCUT2D eigenvalue weighted by molar-refractivity contribution is 9.10. The second-order valence-electron chi connectivity index (χ2n) is 7.60. The largest absolute Gasteiger partial charge is 0.368 e. The molecule has 2 unspecified atom stereocenters. The van der Waals surface area contributed by atoms with Gasteiger partial charge in [-0.05, 0) is 56.3 Å². The quantitative estimate of drug-likeness (QED) is 0.489. The predicted molar refractivity (Wildman–Crippen MR) is 119 cm³/mol. The Morgan fingerprint density at radius 2 is 1.69 bits per heavy atom. The van der Waals surface area contributed by atoms with Crippen LogP contribution in [0.2, 0.25) is 0 Å². The number of benzene rings is 2. The minimum atomic E-state index is -0.409. The third kappa shape index (κ3) is 4.21. The molecule has 3 N–H and O–H groups in total. The van der Waals surface area contributed by atoms with Crippen LogP contribution in [0, 0.1) is 0 Å². The normalized spacial score (nSPS) is 23.0. The molecule has 2 atom stereocenters. The second kappa shape index (κ2) is 8.00. The molecule has 2 heterocycles. The lowest BCUT2D eigenvalue weighted by Gasteiger charge is -2.37. The van der Waals surface area contributed by atoms with E-state index in [2.05, 4.69) is 62.8 Å². The summed E-state index contributed by atoms with van der Waals surface area (Å²) in [5.74, 6) is -0.785. The summed E-state index contributed by atoms with van der Waals surface area (Å²) in [5, 5.41) is 9.11. The Hall–Kier alpha value is -2.64. The molecule has 2 aromatic carbocycles. The first kappa shape index (κ1) is 19.7. The van der Waals surface area contributed by atoms with Crippen molar-refractivity contribution in [2.75, 3.05) is 23.3 Å². The van der Waals surface area contributed by atoms with E-state index in [0.717, 1.165) is 23.2 Å². The van der Waals surface area contributed by atoms with Crippen LogP contribution in [-0.4, -0.2) is 37.0 Å². The van der Waals surface area contributed by atoms with Crippen molar-refractivity contribution in [2.45, 2.75) is 25.9 Å². The predicted octanol–water partition coefficient (Wildman–Crippen LogP) is 3.36. The van der Waals surface area contributed by atoms with Crippen LogP contribution in [0.25, 0.3) is 5.57 Å². The minimum absolute atomic E-state index is 0.376. The van der Waals surface area contributed by atoms with E-state index in [-0.39, 0.29) is 5.91 Å². The molecule has 1 fully saturated rings. The summed E-state index contributed by atoms with van der Waals surface area (Å²) in [6.07, 6.45) is 1.65. The van der Waals surface area contributed by atoms with Crippen molar-refractivity contribution in [3.8, 4) is 0 Å². The van der Waals surface area contributed by atoms with Crippen LogP contribution in [0.15, 0.2) is 53.1 Å². The van der Waals surface area contributed by atoms with Gasteiger partial charge in [-0.2, -0.15) is 0 Å². The lowest BCUT2D eigenvalue weighted by atomic mass is 9.95. The van der Waals surface area contributed by atoms with Gasteiger partial charge in [0.25, 0.3) is 11.8 Å². The van der Waals surface area contributed by atoms with Crippen LogP contribution in [0.5, 0.6) is 0 Å². The van der Waals surface area contributed by atoms with Gasteiger partial charge in [-0.25, -0.2) is 0 Å². The number of halogens is 1. The third-order valence-corrected chi connectivity index (χ3v) is 5.65. The van der Waals surface area contributed by atoms with Gasteiger partial charge >= 0.3 is 0 Å². The van der Waals surface area contributed by atoms with Crippen molar-refractivity contribution >= 4 is 44.7 Å². The summed E-state index contributed by atoms with van der Waals surface area (Å²) >= 11 is 3.41. The molecule has 4 rings (SSSR count). The van der Waals surface area contributed by atoms with Crippen molar-refractivity contribution < 1.29 is 9.59 Å². The Kier molecular flexibility index (Phi) is 5.43. The van der Waals surface area contributed by atoms with Gasteiger partial charge in [0.2, 0.25) is 0 Å². The van der Waals surface area contributed by atoms with Crippen LogP contribution in [0.3, 0.4) is 0 Å². The number of anilines is 2. The first-order chi connectivity index (χ1) is 13.9. The van der Waals surface area contributed by atoms with Gasteiger partial charge in [-0.3, -0.25) is 14.9 Å². The number of carbonyl (C=O) groups is 2. The molecular formula is C22H23BrN4O2. The molecule has 150 valence electrons. The molecule has 0 aromatic heterocycles. The summed E-state index contributed by atoms with van der Waals surface area (Å²) in [4.78, 5) is 26.8. The smallest absolute Gasteiger partial charge is 0.260 e. The molecule has 0 aliphatic carbocycles. The summed E-state index contributed by atoms with van der Waals surface area (Å²) in [7, 11) is 0. The van der Waals surface area contributed by atoms with E-state index in [4.69, 9.17) is 0 Å². The molecule has 2 amide bonds. The fourth-order valence-electron chi connectivity index (χ4n) is 3.90. The average molecular weight is 455 g/mol. The van der Waals surface area contributed by atoms with Gasteiger partial charge in [-0.15, -0.1) is 0 Å². The van der Waals surface area contributed by atoms with Gasteiger partial charge in [0.05, 0.1) is 5.57 Å². The topological polar surface area (TPSA) is 73.5 Å². The first-order valence-corrected chi connectivity index (χ1v) is 10.4. The highest BCUT2D eigenvalue weighted by Gasteiger charge is 2.27. The maximum atomic E-state index is 12.4. The number of hydrogen-bond acceptors (Lipinski definition) is 5. The Balaban J connectivity index is 1.54. The fraction of sp³-hybridized carbons (Fsp3) is 0.273. The second-order valence-corrected chi connectivity index (χ2v) is 8.51. The highest BCUT2D eigenvalue weighted by Crippen LogP contribution is 2.28. The number of carbonyl (C=O) groups excluding carboxylic acids is 2. The van der Waals surface area contributed by atoms with Gasteiger partial charge in [-0.1, -0.05) is 15.9 Å². The Bertz CT molecular complexity index is 977. The van der Waals surface area contributed by atoms with Crippen molar-refractivity contribution in [3.63, 3.8) is 0 Å². The standard InChI is InChI=1S/C22H23BrN4O2/c1-13-11-27(12-14(2)25-13)17-6-4-16(5-7-17)24-10-20-19-9-15(23)3-8-18(19)21(28)26-22(20)29/h3-10,13-14,24-25H,11-12H2,1-2H3,(H,26,28,29). The van der Waals surface area contributed by atoms with Crippen LogP contribution >= 0.6 is 15.9 Å². The summed E-state index contributed by atoms with van der Waals surface area (Å²) in [6.45, 7) is 6.34. The summed E-state index contributed by atoms with van der Waals surface area (Å²) in [5.41, 5.74) is 3.58. The Morgan fingerprint density at radius 3 is 2.38 bits per heavy atom. The number of amides is 2. The molecule has 0 saturated carbocycles. The first-order valence-electron chi connectivity index (χ1n) is 9.64. The minimum Gasteiger partial charge on any atom is -0.368 e. The van der Waals surface area contributed by atoms with Crippen LogP contribution in [0.4, 0.5) is 11.4 Å². The molecule has 1 saturated heterocycles. The van der Waals surface area contributed by atoms with E-state index in [9.17, 15) is 9.59 Å². The van der Waals surface area contributed by atoms with Crippen molar-refractivity contribution in [1.82, 2.24) is 10.6 Å². The number of imide groups is 1. The van der Waals surface area contributed by atoms with Crippen molar-refractivity contribution in [2.24, 2.45) is 0 Å². The molecule has 0 spiro atoms. The third-order valence-electron chi connectivity index (χ3n) is 5.16. The van der Waals surface area contributed by atoms with Gasteiger partial charge < -0.3 is 15.5 Å². The maximum Gasteiger partial charge on any atom is 0.260 e. The zero-order valence-electron chi connectivity index (χ0n) is 16.3. The molecule has 29 heavy (non-hydrogen) atoms. The SMILES string of the molecule is CC1CN(c2ccc(NC=C3C(=O)NC(=O)c4ccc(Br)cc43)cc2)CC(C)N1. The Morgan fingerprint density at radius 1 is 1.00 bits per heavy atom. The monoisotopic (exact) mass is 454 g/mol. The van der Waals surface area contributed by atoms with Gasteiger partial charge in [0, 0.05) is 58.3 Å². The molecule has 2 aromatic rings. The highest BCUT2D eigenvalue weighted by atomic mass is 79.9. The van der Waals surface area contributed by atoms with E-state index in [1.165, 1.54) is 5.69 Å². The van der Waals surface area contributed by atoms with Crippen LogP contribution in [0.1, 0.15) is 29.8 Å². The number of piperazine rings is 1. The lowest BCUT2D eigenvalue weighted by Crippen LogP contribution is -2.54. The zero-order valence-corrected chi connectivity index (χ0v) is 17.9. The molecule has 0 bridgehead atoms. The summed E-state index contributed by atoms with van der Waals surface area (Å²) in [6, 6.07) is 14.3. The van der Waals surface area contributed by atoms with E-state index in [0.29, 0.717) is 28.8 Å². The van der Waals surface area contributed by atoms with E-state index in [1.54, 1.807) is 24.4 Å². The molecule has 2 aliphatic heterocycles. The zero-order chi connectivity index (χ0) is 20.5. The molecular weight excluding hydrogens is 432 g/mol. The van der Waals surface area contributed by atoms with E-state index >= 15 is 0 Å². The van der Waals surface area contributed by atoms with Crippen molar-refractivity contribution in [1.29, 1.82) is 0 Å². The molecule has 6 nitrogen and oxygen atoms in total. The average Bonchev–Trinajstić information content (AvgIpc) is 2.67. The van der Waals surface area contributed by atoms with Gasteiger partial charge in [0.1, 0.15) is 0 Å². The molecule has 0 radical (unpaired) electrons. The van der Waals surface area contributed by atoms with Crippen LogP contribution in [-0.2, 0) is 4.79 Å². The summed E-state index contributed by atoms with van der Waals surface area (Å²) < 4.78 is 0.813. The lowest BCUT2D eigenvalue weighted by molar-refractivity contribution is -0.114. The fourth-order valence-corrected chi connectivity index (χ4v) is 4.26. The van der Waals surface area contributed by atoms with Crippen LogP contribution < -0.4 is 20.9 Å².